The fourth-order valence-electron chi connectivity index (χ4n) is 3.59. The van der Waals surface area contributed by atoms with Crippen LogP contribution in [-0.2, 0) is 9.59 Å². The van der Waals surface area contributed by atoms with Crippen molar-refractivity contribution >= 4 is 42.5 Å². The highest BCUT2D eigenvalue weighted by Gasteiger charge is 2.26. The lowest BCUT2D eigenvalue weighted by Gasteiger charge is -2.33. The second-order valence-corrected chi connectivity index (χ2v) is 7.14. The molecule has 1 aromatic rings. The van der Waals surface area contributed by atoms with Gasteiger partial charge in [0, 0.05) is 25.8 Å². The highest BCUT2D eigenvalue weighted by atomic mass is 35.5. The number of carbonyl (C=O) groups excluding carboxylic acids is 3. The maximum atomic E-state index is 12.4. The molecular weight excluding hydrogens is 417 g/mol. The number of nitrogens with one attached hydrogen (secondary N) is 3. The Kier molecular flexibility index (Phi) is 10.9. The number of hydrogen-bond donors (Lipinski definition) is 3. The van der Waals surface area contributed by atoms with E-state index in [0.29, 0.717) is 25.3 Å². The van der Waals surface area contributed by atoms with Crippen molar-refractivity contribution in [1.82, 2.24) is 25.8 Å². The second-order valence-electron chi connectivity index (χ2n) is 7.14. The third-order valence-electron chi connectivity index (χ3n) is 5.11. The minimum atomic E-state index is -0.353. The molecule has 1 aromatic heterocycles. The molecule has 8 nitrogen and oxygen atoms in total. The van der Waals surface area contributed by atoms with E-state index in [4.69, 9.17) is 0 Å². The first kappa shape index (κ1) is 25.1. The maximum absolute atomic E-state index is 12.4. The molecule has 0 aromatic carbocycles. The monoisotopic (exact) mass is 445 g/mol. The van der Waals surface area contributed by atoms with Crippen molar-refractivity contribution in [3.05, 3.63) is 30.1 Å². The minimum absolute atomic E-state index is 0. The molecule has 3 rings (SSSR count). The SMILES string of the molecule is Cl.Cl.O=C(NCC(=O)N1CCCC(CNC(=O)C2CCCN2)C1)c1ccccn1. The molecule has 29 heavy (non-hydrogen) atoms. The van der Waals surface area contributed by atoms with Gasteiger partial charge in [0.05, 0.1) is 12.6 Å². The van der Waals surface area contributed by atoms with Crippen molar-refractivity contribution < 1.29 is 14.4 Å². The minimum Gasteiger partial charge on any atom is -0.354 e. The summed E-state index contributed by atoms with van der Waals surface area (Å²) in [6, 6.07) is 5.00. The third-order valence-corrected chi connectivity index (χ3v) is 5.11. The Hall–Kier alpha value is -1.90. The summed E-state index contributed by atoms with van der Waals surface area (Å²) in [6.07, 6.45) is 5.36. The molecule has 2 saturated heterocycles. The highest BCUT2D eigenvalue weighted by Crippen LogP contribution is 2.16. The molecule has 0 saturated carbocycles. The van der Waals surface area contributed by atoms with E-state index in [-0.39, 0.29) is 61.0 Å². The number of nitrogens with zero attached hydrogens (tertiary/aromatic N) is 2. The Labute approximate surface area is 183 Å². The first-order valence-corrected chi connectivity index (χ1v) is 9.61. The molecule has 2 fully saturated rings. The Morgan fingerprint density at radius 1 is 1.14 bits per heavy atom. The van der Waals surface area contributed by atoms with Gasteiger partial charge in [-0.3, -0.25) is 19.4 Å². The number of hydrogen-bond acceptors (Lipinski definition) is 5. The van der Waals surface area contributed by atoms with Crippen LogP contribution in [0.15, 0.2) is 24.4 Å². The molecule has 2 aliphatic rings. The van der Waals surface area contributed by atoms with Gasteiger partial charge in [-0.25, -0.2) is 0 Å². The maximum Gasteiger partial charge on any atom is 0.270 e. The van der Waals surface area contributed by atoms with Crippen LogP contribution in [0.4, 0.5) is 0 Å². The number of pyridine rings is 1. The molecular formula is C19H29Cl2N5O3. The third kappa shape index (κ3) is 7.45. The summed E-state index contributed by atoms with van der Waals surface area (Å²) in [4.78, 5) is 42.3. The average Bonchev–Trinajstić information content (AvgIpc) is 3.26. The number of halogens is 2. The van der Waals surface area contributed by atoms with E-state index in [9.17, 15) is 14.4 Å². The number of likely N-dealkylation sites (tertiary alicyclic amines) is 1. The number of rotatable bonds is 6. The highest BCUT2D eigenvalue weighted by molar-refractivity contribution is 5.94. The molecule has 2 unspecified atom stereocenters. The zero-order valence-corrected chi connectivity index (χ0v) is 17.9. The molecule has 2 aliphatic heterocycles. The van der Waals surface area contributed by atoms with E-state index in [0.717, 1.165) is 32.2 Å². The lowest BCUT2D eigenvalue weighted by molar-refractivity contribution is -0.131. The fraction of sp³-hybridized carbons (Fsp3) is 0.579. The fourth-order valence-corrected chi connectivity index (χ4v) is 3.59. The lowest BCUT2D eigenvalue weighted by atomic mass is 9.97. The van der Waals surface area contributed by atoms with Crippen LogP contribution in [-0.4, -0.2) is 66.4 Å². The lowest BCUT2D eigenvalue weighted by Crippen LogP contribution is -2.48. The van der Waals surface area contributed by atoms with E-state index in [1.54, 1.807) is 29.3 Å². The van der Waals surface area contributed by atoms with E-state index in [1.807, 2.05) is 0 Å². The summed E-state index contributed by atoms with van der Waals surface area (Å²) in [7, 11) is 0. The van der Waals surface area contributed by atoms with Gasteiger partial charge in [0.25, 0.3) is 5.91 Å². The Morgan fingerprint density at radius 2 is 1.97 bits per heavy atom. The smallest absolute Gasteiger partial charge is 0.270 e. The normalized spacial score (nSPS) is 20.8. The zero-order chi connectivity index (χ0) is 19.1. The van der Waals surface area contributed by atoms with Gasteiger partial charge in [0.2, 0.25) is 11.8 Å². The molecule has 0 bridgehead atoms. The van der Waals surface area contributed by atoms with Crippen molar-refractivity contribution in [2.45, 2.75) is 31.7 Å². The van der Waals surface area contributed by atoms with Crippen LogP contribution in [0.5, 0.6) is 0 Å². The molecule has 0 spiro atoms. The average molecular weight is 446 g/mol. The largest absolute Gasteiger partial charge is 0.354 e. The molecule has 3 N–H and O–H groups in total. The summed E-state index contributed by atoms with van der Waals surface area (Å²) >= 11 is 0. The van der Waals surface area contributed by atoms with Gasteiger partial charge in [0.15, 0.2) is 0 Å². The summed E-state index contributed by atoms with van der Waals surface area (Å²) in [5.74, 6) is -0.153. The molecule has 0 aliphatic carbocycles. The van der Waals surface area contributed by atoms with Crippen molar-refractivity contribution in [3.8, 4) is 0 Å². The van der Waals surface area contributed by atoms with Crippen LogP contribution < -0.4 is 16.0 Å². The van der Waals surface area contributed by atoms with E-state index in [1.165, 1.54) is 0 Å². The molecule has 2 atom stereocenters. The van der Waals surface area contributed by atoms with Gasteiger partial charge < -0.3 is 20.9 Å². The number of piperidine rings is 1. The molecule has 3 heterocycles. The van der Waals surface area contributed by atoms with Crippen LogP contribution in [0.2, 0.25) is 0 Å². The zero-order valence-electron chi connectivity index (χ0n) is 16.3. The molecule has 162 valence electrons. The first-order chi connectivity index (χ1) is 13.1. The van der Waals surface area contributed by atoms with Gasteiger partial charge in [-0.1, -0.05) is 6.07 Å². The van der Waals surface area contributed by atoms with Crippen LogP contribution >= 0.6 is 24.8 Å². The first-order valence-electron chi connectivity index (χ1n) is 9.61. The molecule has 3 amide bonds. The number of carbonyl (C=O) groups is 3. The second kappa shape index (κ2) is 12.6. The topological polar surface area (TPSA) is 103 Å². The van der Waals surface area contributed by atoms with Crippen LogP contribution in [0.1, 0.15) is 36.2 Å². The molecule has 10 heteroatoms. The van der Waals surface area contributed by atoms with Gasteiger partial charge in [-0.15, -0.1) is 24.8 Å². The van der Waals surface area contributed by atoms with Gasteiger partial charge in [0.1, 0.15) is 5.69 Å². The Balaban J connectivity index is 0.00000210. The van der Waals surface area contributed by atoms with E-state index in [2.05, 4.69) is 20.9 Å². The van der Waals surface area contributed by atoms with Crippen LogP contribution in [0, 0.1) is 5.92 Å². The van der Waals surface area contributed by atoms with Crippen molar-refractivity contribution in [3.63, 3.8) is 0 Å². The van der Waals surface area contributed by atoms with E-state index < -0.39 is 0 Å². The predicted molar refractivity (Wildman–Crippen MR) is 114 cm³/mol. The quantitative estimate of drug-likeness (QED) is 0.599. The van der Waals surface area contributed by atoms with Gasteiger partial charge in [-0.2, -0.15) is 0 Å². The summed E-state index contributed by atoms with van der Waals surface area (Å²) in [6.45, 7) is 2.74. The summed E-state index contributed by atoms with van der Waals surface area (Å²) in [5.41, 5.74) is 0.296. The van der Waals surface area contributed by atoms with Crippen molar-refractivity contribution in [2.75, 3.05) is 32.7 Å². The van der Waals surface area contributed by atoms with Crippen LogP contribution in [0.25, 0.3) is 0 Å². The predicted octanol–water partition coefficient (Wildman–Crippen LogP) is 0.762. The van der Waals surface area contributed by atoms with Gasteiger partial charge >= 0.3 is 0 Å². The van der Waals surface area contributed by atoms with Crippen molar-refractivity contribution in [2.24, 2.45) is 5.92 Å². The van der Waals surface area contributed by atoms with Crippen molar-refractivity contribution in [1.29, 1.82) is 0 Å². The summed E-state index contributed by atoms with van der Waals surface area (Å²) in [5, 5.41) is 8.83. The Bertz CT molecular complexity index is 671. The van der Waals surface area contributed by atoms with Gasteiger partial charge in [-0.05, 0) is 50.3 Å². The standard InChI is InChI=1S/C19H27N5O3.2ClH/c25-17(12-23-19(27)15-6-1-2-8-20-15)24-10-4-5-14(13-24)11-22-18(26)16-7-3-9-21-16;;/h1-2,6,8,14,16,21H,3-5,7,9-13H2,(H,22,26)(H,23,27);2*1H. The summed E-state index contributed by atoms with van der Waals surface area (Å²) < 4.78 is 0. The van der Waals surface area contributed by atoms with E-state index >= 15 is 0 Å². The Morgan fingerprint density at radius 3 is 2.66 bits per heavy atom. The molecule has 0 radical (unpaired) electrons. The number of amides is 3. The number of aromatic nitrogens is 1. The van der Waals surface area contributed by atoms with Crippen LogP contribution in [0.3, 0.4) is 0 Å².